The molecule has 0 N–H and O–H groups in total. The van der Waals surface area contributed by atoms with Crippen molar-refractivity contribution in [2.45, 2.75) is 0 Å². The molecule has 0 atom stereocenters. The van der Waals surface area contributed by atoms with Crippen LogP contribution >= 0.6 is 0 Å². The zero-order chi connectivity index (χ0) is 12.9. The minimum atomic E-state index is -5.09. The van der Waals surface area contributed by atoms with Gasteiger partial charge in [-0.1, -0.05) is 6.07 Å². The number of nitriles is 1. The van der Waals surface area contributed by atoms with Gasteiger partial charge in [0.15, 0.2) is 0 Å². The van der Waals surface area contributed by atoms with Gasteiger partial charge in [0.05, 0.1) is 12.2 Å². The van der Waals surface area contributed by atoms with Gasteiger partial charge in [-0.3, -0.25) is 0 Å². The molecule has 0 saturated heterocycles. The zero-order valence-electron chi connectivity index (χ0n) is 10.1. The van der Waals surface area contributed by atoms with Gasteiger partial charge in [0, 0.05) is 7.11 Å². The predicted octanol–water partition coefficient (Wildman–Crippen LogP) is -1.36. The molecule has 0 spiro atoms. The van der Waals surface area contributed by atoms with Crippen molar-refractivity contribution in [2.24, 2.45) is 0 Å². The first-order valence-corrected chi connectivity index (χ1v) is 4.84. The molecule has 0 saturated carbocycles. The van der Waals surface area contributed by atoms with Crippen LogP contribution in [0.5, 0.6) is 5.75 Å². The van der Waals surface area contributed by atoms with Crippen molar-refractivity contribution in [3.63, 3.8) is 0 Å². The van der Waals surface area contributed by atoms with Gasteiger partial charge < -0.3 is 22.4 Å². The topological polar surface area (TPSA) is 42.2 Å². The standard InChI is InChI=1S/C10H10BF3NO2.K/c1-16-4-5-17-10-6-9(11(12,13)14)3-2-8(10)7-15;/h2-3,6H,4-5H2,1H3;/q-1;+1. The Hall–Kier alpha value is -0.0387. The number of methoxy groups -OCH3 is 1. The van der Waals surface area contributed by atoms with Crippen LogP contribution in [-0.4, -0.2) is 27.3 Å². The first kappa shape index (κ1) is 18.0. The molecular weight excluding hydrogens is 273 g/mol. The fourth-order valence-electron chi connectivity index (χ4n) is 1.19. The molecule has 8 heteroatoms. The average Bonchev–Trinajstić information content (AvgIpc) is 2.28. The van der Waals surface area contributed by atoms with Gasteiger partial charge in [-0.2, -0.15) is 5.26 Å². The summed E-state index contributed by atoms with van der Waals surface area (Å²) in [5.41, 5.74) is -0.707. The van der Waals surface area contributed by atoms with E-state index in [1.54, 1.807) is 6.07 Å². The maximum atomic E-state index is 12.5. The smallest absolute Gasteiger partial charge is 0.490 e. The van der Waals surface area contributed by atoms with E-state index in [1.807, 2.05) is 0 Å². The van der Waals surface area contributed by atoms with E-state index >= 15 is 0 Å². The Morgan fingerprint density at radius 3 is 2.44 bits per heavy atom. The van der Waals surface area contributed by atoms with Crippen LogP contribution in [0.25, 0.3) is 0 Å². The van der Waals surface area contributed by atoms with E-state index in [-0.39, 0.29) is 75.9 Å². The van der Waals surface area contributed by atoms with Crippen LogP contribution in [0.3, 0.4) is 0 Å². The summed E-state index contributed by atoms with van der Waals surface area (Å²) in [5.74, 6) is -0.0683. The Morgan fingerprint density at radius 2 is 1.94 bits per heavy atom. The van der Waals surface area contributed by atoms with Crippen LogP contribution in [0, 0.1) is 11.3 Å². The normalized spacial score (nSPS) is 10.4. The summed E-state index contributed by atoms with van der Waals surface area (Å²) < 4.78 is 47.2. The second-order valence-corrected chi connectivity index (χ2v) is 3.28. The molecule has 0 aliphatic carbocycles. The largest absolute Gasteiger partial charge is 1.00 e. The van der Waals surface area contributed by atoms with E-state index < -0.39 is 12.4 Å². The molecule has 0 fully saturated rings. The van der Waals surface area contributed by atoms with Crippen molar-refractivity contribution in [2.75, 3.05) is 20.3 Å². The Morgan fingerprint density at radius 1 is 1.28 bits per heavy atom. The summed E-state index contributed by atoms with van der Waals surface area (Å²) in [6.45, 7) is -4.75. The molecular formula is C10H10BF3KNO2. The van der Waals surface area contributed by atoms with Gasteiger partial charge >= 0.3 is 58.4 Å². The number of nitrogens with zero attached hydrogens (tertiary/aromatic N) is 1. The van der Waals surface area contributed by atoms with Gasteiger partial charge in [-0.05, 0) is 12.1 Å². The summed E-state index contributed by atoms with van der Waals surface area (Å²) >= 11 is 0. The first-order chi connectivity index (χ1) is 7.99. The minimum absolute atomic E-state index is 0. The molecule has 18 heavy (non-hydrogen) atoms. The van der Waals surface area contributed by atoms with Gasteiger partial charge in [0.2, 0.25) is 0 Å². The van der Waals surface area contributed by atoms with Crippen LogP contribution in [0.4, 0.5) is 12.9 Å². The number of hydrogen-bond donors (Lipinski definition) is 0. The zero-order valence-corrected chi connectivity index (χ0v) is 13.2. The average molecular weight is 283 g/mol. The molecule has 1 aromatic carbocycles. The molecule has 0 aromatic heterocycles. The van der Waals surface area contributed by atoms with E-state index in [0.29, 0.717) is 0 Å². The van der Waals surface area contributed by atoms with Gasteiger partial charge in [0.25, 0.3) is 0 Å². The van der Waals surface area contributed by atoms with Crippen LogP contribution in [0.1, 0.15) is 5.56 Å². The first-order valence-electron chi connectivity index (χ1n) is 4.84. The number of ether oxygens (including phenoxy) is 2. The van der Waals surface area contributed by atoms with E-state index in [9.17, 15) is 12.9 Å². The SMILES string of the molecule is COCCOc1cc([B-](F)(F)F)ccc1C#N.[K+]. The molecule has 3 nitrogen and oxygen atoms in total. The van der Waals surface area contributed by atoms with Crippen molar-refractivity contribution < 1.29 is 73.8 Å². The van der Waals surface area contributed by atoms with Crippen molar-refractivity contribution >= 4 is 12.4 Å². The Kier molecular flexibility index (Phi) is 8.18. The summed E-state index contributed by atoms with van der Waals surface area (Å²) in [4.78, 5) is 0. The Balaban J connectivity index is 0.00000289. The molecule has 1 rings (SSSR count). The van der Waals surface area contributed by atoms with Crippen LogP contribution in [0.2, 0.25) is 0 Å². The molecule has 0 heterocycles. The summed E-state index contributed by atoms with van der Waals surface area (Å²) in [6, 6.07) is 4.60. The Labute approximate surface area is 146 Å². The monoisotopic (exact) mass is 283 g/mol. The predicted molar refractivity (Wildman–Crippen MR) is 57.2 cm³/mol. The fraction of sp³-hybridized carbons (Fsp3) is 0.300. The molecule has 0 radical (unpaired) electrons. The molecule has 0 bridgehead atoms. The van der Waals surface area contributed by atoms with Crippen LogP contribution < -0.4 is 61.6 Å². The third-order valence-electron chi connectivity index (χ3n) is 2.05. The van der Waals surface area contributed by atoms with E-state index in [1.165, 1.54) is 7.11 Å². The van der Waals surface area contributed by atoms with Gasteiger partial charge in [-0.15, -0.1) is 5.46 Å². The second kappa shape index (κ2) is 8.20. The second-order valence-electron chi connectivity index (χ2n) is 3.28. The maximum Gasteiger partial charge on any atom is 1.00 e. The third-order valence-corrected chi connectivity index (χ3v) is 2.05. The summed E-state index contributed by atoms with van der Waals surface area (Å²) in [5, 5.41) is 8.73. The number of halogens is 3. The molecule has 0 aliphatic heterocycles. The van der Waals surface area contributed by atoms with Crippen LogP contribution in [-0.2, 0) is 4.74 Å². The number of hydrogen-bond acceptors (Lipinski definition) is 3. The molecule has 1 aromatic rings. The minimum Gasteiger partial charge on any atom is -0.490 e. The molecule has 92 valence electrons. The van der Waals surface area contributed by atoms with E-state index in [0.717, 1.165) is 18.2 Å². The quantitative estimate of drug-likeness (QED) is 0.495. The number of benzene rings is 1. The van der Waals surface area contributed by atoms with Crippen LogP contribution in [0.15, 0.2) is 18.2 Å². The Bertz CT molecular complexity index is 434. The van der Waals surface area contributed by atoms with Crippen molar-refractivity contribution in [3.8, 4) is 11.8 Å². The van der Waals surface area contributed by atoms with E-state index in [2.05, 4.69) is 0 Å². The summed E-state index contributed by atoms with van der Waals surface area (Å²) in [6.07, 6.45) is 0. The molecule has 0 aliphatic rings. The van der Waals surface area contributed by atoms with E-state index in [4.69, 9.17) is 14.7 Å². The maximum absolute atomic E-state index is 12.5. The van der Waals surface area contributed by atoms with Crippen molar-refractivity contribution in [3.05, 3.63) is 23.8 Å². The summed E-state index contributed by atoms with van der Waals surface area (Å²) in [7, 11) is 1.45. The van der Waals surface area contributed by atoms with Gasteiger partial charge in [0.1, 0.15) is 18.4 Å². The van der Waals surface area contributed by atoms with Crippen molar-refractivity contribution in [1.29, 1.82) is 5.26 Å². The fourth-order valence-corrected chi connectivity index (χ4v) is 1.19. The molecule has 0 unspecified atom stereocenters. The van der Waals surface area contributed by atoms with Crippen molar-refractivity contribution in [1.82, 2.24) is 0 Å². The third kappa shape index (κ3) is 5.30. The number of rotatable bonds is 5. The molecule has 0 amide bonds. The van der Waals surface area contributed by atoms with Gasteiger partial charge in [-0.25, -0.2) is 0 Å².